The Morgan fingerprint density at radius 3 is 1.24 bits per heavy atom. The van der Waals surface area contributed by atoms with Crippen molar-refractivity contribution in [2.75, 3.05) is 132 Å². The summed E-state index contributed by atoms with van der Waals surface area (Å²) in [6.07, 6.45) is -2.25. The molecule has 0 aliphatic carbocycles. The normalized spacial score (nSPS) is 13.5. The third-order valence-electron chi connectivity index (χ3n) is 6.74. The van der Waals surface area contributed by atoms with E-state index in [9.17, 15) is 52.5 Å². The van der Waals surface area contributed by atoms with Crippen molar-refractivity contribution in [3.05, 3.63) is 0 Å². The fraction of sp³-hybridized carbons (Fsp3) is 0.811. The Balaban J connectivity index is -0.00000122. The molecule has 0 fully saturated rings. The Hall–Kier alpha value is -3.73. The lowest BCUT2D eigenvalue weighted by Gasteiger charge is -2.25. The standard InChI is InChI=1S/C20H38N3O12P.C16H31N2O11P.CH4/c1-15(2)23-11-19(26)21-5-7-30-9-10-31-14-20(27)22-6-8-33-36(28,29)34-13-18(35-17(4)25)12-32-16(3)24;1-13(19)26-10-15(29-14(2)20)11-28-30(22,23)27-7-5-18-16(21)12-25-9-8-24-6-4-17-3;/h15,18,23H,5-14H2,1-4H3,(H,21,26)(H,22,27)(H,28,29);15,17H,4-12H2,1-3H3,(H,18,21)(H,22,23);1H4/p-2/t18-;15-;/m11./s1. The summed E-state index contributed by atoms with van der Waals surface area (Å²) in [7, 11) is -7.68. The van der Waals surface area contributed by atoms with Crippen molar-refractivity contribution in [3.8, 4) is 0 Å². The molecule has 0 saturated carbocycles. The van der Waals surface area contributed by atoms with Crippen LogP contribution in [0, 0.1) is 0 Å². The second kappa shape index (κ2) is 42.4. The number of hydrogen-bond acceptors (Lipinski definition) is 25. The maximum atomic E-state index is 11.8. The fourth-order valence-corrected chi connectivity index (χ4v) is 5.39. The van der Waals surface area contributed by atoms with Crippen LogP contribution >= 0.6 is 15.6 Å². The minimum atomic E-state index is -4.76. The minimum absolute atomic E-state index is 0. The zero-order valence-electron chi connectivity index (χ0n) is 38.5. The van der Waals surface area contributed by atoms with Crippen LogP contribution in [0.15, 0.2) is 0 Å². The van der Waals surface area contributed by atoms with Crippen molar-refractivity contribution in [3.63, 3.8) is 0 Å². The molecule has 0 aliphatic heterocycles. The molecule has 0 aliphatic rings. The first-order valence-electron chi connectivity index (χ1n) is 20.4. The molecule has 30 heteroatoms. The minimum Gasteiger partial charge on any atom is -0.756 e. The van der Waals surface area contributed by atoms with Gasteiger partial charge in [-0.1, -0.05) is 21.3 Å². The molecule has 0 bridgehead atoms. The molecule has 0 aromatic carbocycles. The highest BCUT2D eigenvalue weighted by atomic mass is 31.2. The molecular formula is C37H71N5O23P2-2. The van der Waals surface area contributed by atoms with Gasteiger partial charge in [-0.3, -0.25) is 42.7 Å². The highest BCUT2D eigenvalue weighted by molar-refractivity contribution is 7.46. The fourth-order valence-electron chi connectivity index (χ4n) is 3.91. The van der Waals surface area contributed by atoms with E-state index in [1.54, 1.807) is 7.05 Å². The second-order valence-corrected chi connectivity index (χ2v) is 16.1. The molecule has 67 heavy (non-hydrogen) atoms. The number of carbonyl (C=O) groups excluding carboxylic acids is 7. The molecule has 394 valence electrons. The summed E-state index contributed by atoms with van der Waals surface area (Å²) in [6, 6.07) is 0.218. The van der Waals surface area contributed by atoms with E-state index in [2.05, 4.69) is 54.2 Å². The van der Waals surface area contributed by atoms with Gasteiger partial charge in [0.25, 0.3) is 15.6 Å². The van der Waals surface area contributed by atoms with E-state index in [0.29, 0.717) is 32.9 Å². The number of likely N-dealkylation sites (N-methyl/N-ethyl adjacent to an activating group) is 1. The Kier molecular flexibility index (Phi) is 42.7. The Morgan fingerprint density at radius 2 is 0.866 bits per heavy atom. The largest absolute Gasteiger partial charge is 0.756 e. The summed E-state index contributed by atoms with van der Waals surface area (Å²) in [5.74, 6) is -3.77. The maximum absolute atomic E-state index is 11.8. The molecule has 4 atom stereocenters. The Labute approximate surface area is 391 Å². The predicted molar refractivity (Wildman–Crippen MR) is 229 cm³/mol. The number of carbonyl (C=O) groups is 7. The van der Waals surface area contributed by atoms with Gasteiger partial charge in [0.2, 0.25) is 17.7 Å². The van der Waals surface area contributed by atoms with E-state index in [0.717, 1.165) is 27.7 Å². The van der Waals surface area contributed by atoms with Gasteiger partial charge in [-0.05, 0) is 7.05 Å². The van der Waals surface area contributed by atoms with Gasteiger partial charge < -0.3 is 92.4 Å². The highest BCUT2D eigenvalue weighted by Gasteiger charge is 2.20. The average Bonchev–Trinajstić information content (AvgIpc) is 3.22. The quantitative estimate of drug-likeness (QED) is 0.0180. The van der Waals surface area contributed by atoms with Crippen molar-refractivity contribution >= 4 is 57.2 Å². The molecular weight excluding hydrogens is 944 g/mol. The molecule has 0 aromatic heterocycles. The number of esters is 4. The Morgan fingerprint density at radius 1 is 0.493 bits per heavy atom. The molecule has 28 nitrogen and oxygen atoms in total. The van der Waals surface area contributed by atoms with Crippen molar-refractivity contribution in [2.45, 2.75) is 67.2 Å². The summed E-state index contributed by atoms with van der Waals surface area (Å²) in [5, 5.41) is 13.4. The van der Waals surface area contributed by atoms with Crippen LogP contribution in [0.25, 0.3) is 0 Å². The van der Waals surface area contributed by atoms with E-state index in [4.69, 9.17) is 28.4 Å². The molecule has 3 amide bonds. The summed E-state index contributed by atoms with van der Waals surface area (Å²) < 4.78 is 81.5. The van der Waals surface area contributed by atoms with Crippen molar-refractivity contribution in [2.24, 2.45) is 0 Å². The average molecular weight is 1020 g/mol. The first-order valence-corrected chi connectivity index (χ1v) is 23.3. The number of amides is 3. The van der Waals surface area contributed by atoms with E-state index in [-0.39, 0.29) is 91.9 Å². The predicted octanol–water partition coefficient (Wildman–Crippen LogP) is -2.77. The molecule has 5 N–H and O–H groups in total. The second-order valence-electron chi connectivity index (χ2n) is 13.2. The van der Waals surface area contributed by atoms with Gasteiger partial charge in [0.15, 0.2) is 12.2 Å². The number of rotatable bonds is 39. The van der Waals surface area contributed by atoms with Crippen LogP contribution in [-0.4, -0.2) is 192 Å². The first-order chi connectivity index (χ1) is 31.1. The third kappa shape index (κ3) is 50.0. The number of nitrogens with one attached hydrogen (secondary N) is 5. The van der Waals surface area contributed by atoms with Gasteiger partial charge in [-0.15, -0.1) is 0 Å². The van der Waals surface area contributed by atoms with Gasteiger partial charge in [-0.2, -0.15) is 0 Å². The van der Waals surface area contributed by atoms with Crippen LogP contribution in [-0.2, 0) is 98.7 Å². The van der Waals surface area contributed by atoms with E-state index in [1.807, 2.05) is 13.8 Å². The van der Waals surface area contributed by atoms with Gasteiger partial charge in [0, 0.05) is 59.9 Å². The first kappa shape index (κ1) is 67.5. The number of phosphoric acid groups is 2. The lowest BCUT2D eigenvalue weighted by molar-refractivity contribution is -0.229. The van der Waals surface area contributed by atoms with Gasteiger partial charge in [0.05, 0.1) is 72.6 Å². The zero-order valence-corrected chi connectivity index (χ0v) is 40.2. The molecule has 0 rings (SSSR count). The molecule has 2 unspecified atom stereocenters. The van der Waals surface area contributed by atoms with E-state index in [1.165, 1.54) is 0 Å². The zero-order chi connectivity index (χ0) is 50.2. The monoisotopic (exact) mass is 1020 g/mol. The van der Waals surface area contributed by atoms with Crippen LogP contribution in [0.2, 0.25) is 0 Å². The molecule has 0 spiro atoms. The smallest absolute Gasteiger partial charge is 0.303 e. The topological polar surface area (TPSA) is 371 Å². The molecule has 0 heterocycles. The molecule has 0 saturated heterocycles. The summed E-state index contributed by atoms with van der Waals surface area (Å²) >= 11 is 0. The lowest BCUT2D eigenvalue weighted by Crippen LogP contribution is -2.38. The van der Waals surface area contributed by atoms with E-state index < -0.39 is 83.4 Å². The van der Waals surface area contributed by atoms with Crippen LogP contribution < -0.4 is 36.4 Å². The SMILES string of the molecule is C.CC(=O)OC[C@H](COP(=O)([O-])OCCNC(=O)COCCOCCNC(=O)CNC(C)C)OC(C)=O.CNCCOCCOCC(=O)NCCOP(=O)([O-])OC[C@@H](COC(C)=O)OC(C)=O. The third-order valence-corrected chi connectivity index (χ3v) is 8.67. The molecule has 0 aromatic rings. The van der Waals surface area contributed by atoms with Crippen LogP contribution in [0.5, 0.6) is 0 Å². The lowest BCUT2D eigenvalue weighted by atomic mass is 10.4. The van der Waals surface area contributed by atoms with E-state index >= 15 is 0 Å². The van der Waals surface area contributed by atoms with Crippen LogP contribution in [0.3, 0.4) is 0 Å². The molecule has 0 radical (unpaired) electrons. The number of hydrogen-bond donors (Lipinski definition) is 5. The summed E-state index contributed by atoms with van der Waals surface area (Å²) in [6.45, 7) is 7.99. The van der Waals surface area contributed by atoms with Gasteiger partial charge in [-0.25, -0.2) is 0 Å². The maximum Gasteiger partial charge on any atom is 0.303 e. The van der Waals surface area contributed by atoms with Crippen LogP contribution in [0.1, 0.15) is 49.0 Å². The summed E-state index contributed by atoms with van der Waals surface area (Å²) in [5.41, 5.74) is 0. The van der Waals surface area contributed by atoms with Crippen molar-refractivity contribution in [1.82, 2.24) is 26.6 Å². The Bertz CT molecular complexity index is 1500. The van der Waals surface area contributed by atoms with Gasteiger partial charge in [0.1, 0.15) is 26.4 Å². The van der Waals surface area contributed by atoms with Crippen LogP contribution in [0.4, 0.5) is 0 Å². The highest BCUT2D eigenvalue weighted by Crippen LogP contribution is 2.38. The summed E-state index contributed by atoms with van der Waals surface area (Å²) in [4.78, 5) is 102. The van der Waals surface area contributed by atoms with Gasteiger partial charge >= 0.3 is 23.9 Å². The van der Waals surface area contributed by atoms with Crippen molar-refractivity contribution in [1.29, 1.82) is 0 Å². The van der Waals surface area contributed by atoms with Crippen molar-refractivity contribution < 1.29 is 108 Å². The number of phosphoric ester groups is 2. The number of ether oxygens (including phenoxy) is 8.